The second-order valence-corrected chi connectivity index (χ2v) is 5.47. The van der Waals surface area contributed by atoms with Gasteiger partial charge in [-0.3, -0.25) is 4.99 Å². The fourth-order valence-corrected chi connectivity index (χ4v) is 2.16. The number of hydrogen-bond donors (Lipinski definition) is 2. The van der Waals surface area contributed by atoms with E-state index in [1.54, 1.807) is 7.11 Å². The third kappa shape index (κ3) is 12.2. The quantitative estimate of drug-likeness (QED) is 0.196. The molecule has 150 valence electrons. The number of nitrogens with one attached hydrogen (secondary N) is 2. The third-order valence-electron chi connectivity index (χ3n) is 3.44. The zero-order valence-corrected chi connectivity index (χ0v) is 18.6. The van der Waals surface area contributed by atoms with Crippen molar-refractivity contribution in [2.24, 2.45) is 4.99 Å². The van der Waals surface area contributed by atoms with E-state index >= 15 is 0 Å². The molecule has 1 aromatic carbocycles. The third-order valence-corrected chi connectivity index (χ3v) is 3.44. The zero-order valence-electron chi connectivity index (χ0n) is 16.3. The molecule has 0 radical (unpaired) electrons. The molecular weight excluding hydrogens is 445 g/mol. The zero-order chi connectivity index (χ0) is 18.2. The maximum absolute atomic E-state index is 5.72. The maximum atomic E-state index is 5.72. The van der Waals surface area contributed by atoms with Crippen LogP contribution in [0.25, 0.3) is 0 Å². The molecule has 0 saturated heterocycles. The van der Waals surface area contributed by atoms with E-state index in [1.807, 2.05) is 31.2 Å². The van der Waals surface area contributed by atoms with Gasteiger partial charge in [0.05, 0.1) is 13.7 Å². The number of methoxy groups -OCH3 is 1. The van der Waals surface area contributed by atoms with Crippen LogP contribution in [0.3, 0.4) is 0 Å². The minimum Gasteiger partial charge on any atom is -0.497 e. The van der Waals surface area contributed by atoms with Gasteiger partial charge >= 0.3 is 0 Å². The second kappa shape index (κ2) is 17.2. The van der Waals surface area contributed by atoms with E-state index in [-0.39, 0.29) is 24.0 Å². The highest BCUT2D eigenvalue weighted by Crippen LogP contribution is 2.18. The highest BCUT2D eigenvalue weighted by atomic mass is 127. The van der Waals surface area contributed by atoms with Crippen molar-refractivity contribution >= 4 is 29.9 Å². The van der Waals surface area contributed by atoms with E-state index in [2.05, 4.69) is 22.5 Å². The summed E-state index contributed by atoms with van der Waals surface area (Å²) in [5.41, 5.74) is 0. The summed E-state index contributed by atoms with van der Waals surface area (Å²) in [6.45, 7) is 8.81. The smallest absolute Gasteiger partial charge is 0.191 e. The van der Waals surface area contributed by atoms with Gasteiger partial charge in [-0.1, -0.05) is 6.07 Å². The number of ether oxygens (including phenoxy) is 3. The summed E-state index contributed by atoms with van der Waals surface area (Å²) in [5, 5.41) is 6.61. The summed E-state index contributed by atoms with van der Waals surface area (Å²) < 4.78 is 16.2. The van der Waals surface area contributed by atoms with Crippen LogP contribution in [0.2, 0.25) is 0 Å². The Balaban J connectivity index is 0.00000625. The Bertz CT molecular complexity index is 487. The van der Waals surface area contributed by atoms with Crippen molar-refractivity contribution in [2.75, 3.05) is 46.6 Å². The lowest BCUT2D eigenvalue weighted by Gasteiger charge is -2.11. The summed E-state index contributed by atoms with van der Waals surface area (Å²) in [6.07, 6.45) is 3.00. The number of aliphatic imine (C=N–C) groups is 1. The number of guanidine groups is 1. The molecule has 0 unspecified atom stereocenters. The topological polar surface area (TPSA) is 64.1 Å². The monoisotopic (exact) mass is 479 g/mol. The van der Waals surface area contributed by atoms with Crippen LogP contribution < -0.4 is 20.1 Å². The van der Waals surface area contributed by atoms with Gasteiger partial charge in [0.25, 0.3) is 0 Å². The minimum absolute atomic E-state index is 0. The van der Waals surface area contributed by atoms with Crippen LogP contribution in [0.5, 0.6) is 11.5 Å². The molecular formula is C19H34IN3O3. The van der Waals surface area contributed by atoms with Gasteiger partial charge in [0.2, 0.25) is 0 Å². The molecule has 0 aliphatic rings. The Kier molecular flexibility index (Phi) is 16.4. The molecule has 0 spiro atoms. The average molecular weight is 479 g/mol. The molecule has 0 aliphatic carbocycles. The van der Waals surface area contributed by atoms with E-state index < -0.39 is 0 Å². The molecule has 6 nitrogen and oxygen atoms in total. The first-order valence-corrected chi connectivity index (χ1v) is 9.17. The van der Waals surface area contributed by atoms with Gasteiger partial charge in [-0.15, -0.1) is 24.0 Å². The Hall–Kier alpha value is -1.22. The molecule has 1 aromatic rings. The number of unbranched alkanes of at least 4 members (excludes halogenated alkanes) is 1. The van der Waals surface area contributed by atoms with E-state index in [0.717, 1.165) is 69.6 Å². The van der Waals surface area contributed by atoms with Crippen LogP contribution >= 0.6 is 24.0 Å². The SMILES string of the molecule is CCNC(=NCCCOc1cccc(OC)c1)NCCCCOCC.I. The van der Waals surface area contributed by atoms with Crippen molar-refractivity contribution in [3.8, 4) is 11.5 Å². The van der Waals surface area contributed by atoms with Crippen LogP contribution in [0.15, 0.2) is 29.3 Å². The van der Waals surface area contributed by atoms with Gasteiger partial charge in [0.1, 0.15) is 11.5 Å². The summed E-state index contributed by atoms with van der Waals surface area (Å²) in [6, 6.07) is 7.64. The Morgan fingerprint density at radius 1 is 1.04 bits per heavy atom. The second-order valence-electron chi connectivity index (χ2n) is 5.47. The molecule has 0 saturated carbocycles. The van der Waals surface area contributed by atoms with Crippen LogP contribution in [0.4, 0.5) is 0 Å². The number of hydrogen-bond acceptors (Lipinski definition) is 4. The first kappa shape index (κ1) is 24.8. The van der Waals surface area contributed by atoms with E-state index in [4.69, 9.17) is 14.2 Å². The number of nitrogens with zero attached hydrogens (tertiary/aromatic N) is 1. The van der Waals surface area contributed by atoms with Gasteiger partial charge in [0.15, 0.2) is 5.96 Å². The van der Waals surface area contributed by atoms with Crippen LogP contribution in [0.1, 0.15) is 33.1 Å². The van der Waals surface area contributed by atoms with E-state index in [1.165, 1.54) is 0 Å². The Morgan fingerprint density at radius 2 is 1.85 bits per heavy atom. The minimum atomic E-state index is 0. The molecule has 0 bridgehead atoms. The largest absolute Gasteiger partial charge is 0.497 e. The molecule has 26 heavy (non-hydrogen) atoms. The van der Waals surface area contributed by atoms with Gasteiger partial charge in [-0.25, -0.2) is 0 Å². The molecule has 0 fully saturated rings. The van der Waals surface area contributed by atoms with Crippen molar-refractivity contribution in [1.29, 1.82) is 0 Å². The van der Waals surface area contributed by atoms with Gasteiger partial charge in [-0.2, -0.15) is 0 Å². The van der Waals surface area contributed by atoms with E-state index in [9.17, 15) is 0 Å². The molecule has 7 heteroatoms. The number of benzene rings is 1. The average Bonchev–Trinajstić information content (AvgIpc) is 2.64. The van der Waals surface area contributed by atoms with Gasteiger partial charge < -0.3 is 24.8 Å². The molecule has 0 heterocycles. The van der Waals surface area contributed by atoms with Crippen LogP contribution in [-0.4, -0.2) is 52.5 Å². The Labute approximate surface area is 175 Å². The van der Waals surface area contributed by atoms with Crippen molar-refractivity contribution in [2.45, 2.75) is 33.1 Å². The molecule has 0 aromatic heterocycles. The predicted molar refractivity (Wildman–Crippen MR) is 118 cm³/mol. The first-order valence-electron chi connectivity index (χ1n) is 9.17. The highest BCUT2D eigenvalue weighted by molar-refractivity contribution is 14.0. The molecule has 1 rings (SSSR count). The van der Waals surface area contributed by atoms with Crippen molar-refractivity contribution in [3.63, 3.8) is 0 Å². The van der Waals surface area contributed by atoms with E-state index in [0.29, 0.717) is 6.61 Å². The standard InChI is InChI=1S/C19H33N3O3.HI/c1-4-20-19(21-12-6-7-14-24-5-2)22-13-9-15-25-18-11-8-10-17(16-18)23-3;/h8,10-11,16H,4-7,9,12-15H2,1-3H3,(H2,20,21,22);1H. The first-order chi connectivity index (χ1) is 12.3. The normalized spacial score (nSPS) is 10.8. The Morgan fingerprint density at radius 3 is 2.58 bits per heavy atom. The van der Waals surface area contributed by atoms with Gasteiger partial charge in [-0.05, 0) is 38.8 Å². The molecule has 0 aliphatic heterocycles. The van der Waals surface area contributed by atoms with Gasteiger partial charge in [0, 0.05) is 45.3 Å². The molecule has 0 amide bonds. The van der Waals surface area contributed by atoms with Crippen molar-refractivity contribution in [3.05, 3.63) is 24.3 Å². The van der Waals surface area contributed by atoms with Crippen LogP contribution in [-0.2, 0) is 4.74 Å². The fraction of sp³-hybridized carbons (Fsp3) is 0.632. The summed E-state index contributed by atoms with van der Waals surface area (Å²) >= 11 is 0. The summed E-state index contributed by atoms with van der Waals surface area (Å²) in [4.78, 5) is 4.57. The lowest BCUT2D eigenvalue weighted by atomic mass is 10.3. The van der Waals surface area contributed by atoms with Crippen molar-refractivity contribution < 1.29 is 14.2 Å². The molecule has 0 atom stereocenters. The van der Waals surface area contributed by atoms with Crippen molar-refractivity contribution in [1.82, 2.24) is 10.6 Å². The predicted octanol–water partition coefficient (Wildman–Crippen LogP) is 3.45. The molecule has 2 N–H and O–H groups in total. The number of halogens is 1. The highest BCUT2D eigenvalue weighted by Gasteiger charge is 1.98. The summed E-state index contributed by atoms with van der Waals surface area (Å²) in [5.74, 6) is 2.49. The number of rotatable bonds is 13. The lowest BCUT2D eigenvalue weighted by molar-refractivity contribution is 0.143. The lowest BCUT2D eigenvalue weighted by Crippen LogP contribution is -2.38. The summed E-state index contributed by atoms with van der Waals surface area (Å²) in [7, 11) is 1.65. The fourth-order valence-electron chi connectivity index (χ4n) is 2.16. The maximum Gasteiger partial charge on any atom is 0.191 e. The van der Waals surface area contributed by atoms with Crippen LogP contribution in [0, 0.1) is 0 Å².